The van der Waals surface area contributed by atoms with E-state index in [0.717, 1.165) is 25.9 Å². The number of imide groups is 1. The molecule has 6 nitrogen and oxygen atoms in total. The van der Waals surface area contributed by atoms with Crippen LogP contribution in [0.5, 0.6) is 0 Å². The van der Waals surface area contributed by atoms with Gasteiger partial charge in [-0.1, -0.05) is 6.92 Å². The minimum Gasteiger partial charge on any atom is -0.326 e. The number of hydrogen-bond acceptors (Lipinski definition) is 3. The van der Waals surface area contributed by atoms with Gasteiger partial charge in [0.2, 0.25) is 11.8 Å². The van der Waals surface area contributed by atoms with Crippen molar-refractivity contribution in [3.8, 4) is 0 Å². The molecule has 0 spiro atoms. The lowest BCUT2D eigenvalue weighted by Gasteiger charge is -2.30. The number of benzene rings is 1. The van der Waals surface area contributed by atoms with Gasteiger partial charge in [0.15, 0.2) is 6.04 Å². The Bertz CT molecular complexity index is 648. The van der Waals surface area contributed by atoms with Crippen molar-refractivity contribution in [1.82, 2.24) is 0 Å². The fourth-order valence-corrected chi connectivity index (χ4v) is 3.60. The van der Waals surface area contributed by atoms with E-state index in [4.69, 9.17) is 0 Å². The largest absolute Gasteiger partial charge is 0.326 e. The molecule has 0 unspecified atom stereocenters. The number of quaternary nitrogens is 1. The Hall–Kier alpha value is -2.21. The van der Waals surface area contributed by atoms with Crippen molar-refractivity contribution >= 4 is 29.1 Å². The molecule has 0 bridgehead atoms. The minimum absolute atomic E-state index is 0.100. The summed E-state index contributed by atoms with van der Waals surface area (Å²) in [6, 6.07) is 6.58. The highest BCUT2D eigenvalue weighted by Crippen LogP contribution is 2.24. The van der Waals surface area contributed by atoms with Crippen molar-refractivity contribution in [2.75, 3.05) is 23.3 Å². The van der Waals surface area contributed by atoms with Gasteiger partial charge in [-0.3, -0.25) is 14.4 Å². The number of likely N-dealkylation sites (tertiary alicyclic amines) is 1. The number of carbonyl (C=O) groups excluding carboxylic acids is 3. The van der Waals surface area contributed by atoms with Crippen molar-refractivity contribution in [3.63, 3.8) is 0 Å². The number of amides is 3. The average molecular weight is 330 g/mol. The summed E-state index contributed by atoms with van der Waals surface area (Å²) in [5.74, 6) is 0.317. The molecule has 2 saturated heterocycles. The van der Waals surface area contributed by atoms with E-state index in [2.05, 4.69) is 12.2 Å². The number of piperidine rings is 1. The van der Waals surface area contributed by atoms with Crippen LogP contribution in [0.1, 0.15) is 33.1 Å². The van der Waals surface area contributed by atoms with Gasteiger partial charge >= 0.3 is 0 Å². The molecule has 2 fully saturated rings. The van der Waals surface area contributed by atoms with E-state index >= 15 is 0 Å². The van der Waals surface area contributed by atoms with Crippen molar-refractivity contribution in [1.29, 1.82) is 0 Å². The maximum absolute atomic E-state index is 12.8. The van der Waals surface area contributed by atoms with Gasteiger partial charge < -0.3 is 10.2 Å². The second-order valence-corrected chi connectivity index (χ2v) is 6.89. The molecular formula is C18H24N3O3+. The van der Waals surface area contributed by atoms with Crippen LogP contribution < -0.4 is 15.1 Å². The second-order valence-electron chi connectivity index (χ2n) is 6.89. The predicted octanol–water partition coefficient (Wildman–Crippen LogP) is 0.592. The molecule has 2 heterocycles. The van der Waals surface area contributed by atoms with E-state index < -0.39 is 0 Å². The highest BCUT2D eigenvalue weighted by atomic mass is 16.2. The van der Waals surface area contributed by atoms with Crippen LogP contribution in [0.2, 0.25) is 0 Å². The average Bonchev–Trinajstić information content (AvgIpc) is 2.83. The van der Waals surface area contributed by atoms with Crippen LogP contribution in [0.25, 0.3) is 0 Å². The SMILES string of the molecule is CC(=O)Nc1ccc(N2C(=O)C[C@@H]([NH+]3CCC(C)CC3)C2=O)cc1. The summed E-state index contributed by atoms with van der Waals surface area (Å²) in [4.78, 5) is 38.8. The van der Waals surface area contributed by atoms with Gasteiger partial charge in [-0.25, -0.2) is 4.90 Å². The van der Waals surface area contributed by atoms with Crippen LogP contribution >= 0.6 is 0 Å². The highest BCUT2D eigenvalue weighted by molar-refractivity contribution is 6.21. The third-order valence-electron chi connectivity index (χ3n) is 5.00. The van der Waals surface area contributed by atoms with Gasteiger partial charge in [0, 0.05) is 12.6 Å². The van der Waals surface area contributed by atoms with Crippen LogP contribution in [0.15, 0.2) is 24.3 Å². The standard InChI is InChI=1S/C18H23N3O3/c1-12-7-9-20(10-8-12)16-11-17(23)21(18(16)24)15-5-3-14(4-6-15)19-13(2)22/h3-6,12,16H,7-11H2,1-2H3,(H,19,22)/p+1/t16-/m1/s1. The number of hydrogen-bond donors (Lipinski definition) is 2. The molecule has 1 atom stereocenters. The first kappa shape index (κ1) is 16.6. The lowest BCUT2D eigenvalue weighted by molar-refractivity contribution is -0.920. The normalized spacial score (nSPS) is 27.4. The van der Waals surface area contributed by atoms with E-state index in [-0.39, 0.29) is 30.2 Å². The summed E-state index contributed by atoms with van der Waals surface area (Å²) >= 11 is 0. The van der Waals surface area contributed by atoms with E-state index in [1.807, 2.05) is 0 Å². The fourth-order valence-electron chi connectivity index (χ4n) is 3.60. The molecule has 2 aliphatic heterocycles. The van der Waals surface area contributed by atoms with Crippen molar-refractivity contribution in [2.45, 2.75) is 39.2 Å². The van der Waals surface area contributed by atoms with Gasteiger partial charge in [-0.15, -0.1) is 0 Å². The number of rotatable bonds is 3. The number of carbonyl (C=O) groups is 3. The first-order valence-corrected chi connectivity index (χ1v) is 8.54. The smallest absolute Gasteiger partial charge is 0.292 e. The molecule has 6 heteroatoms. The molecule has 2 N–H and O–H groups in total. The van der Waals surface area contributed by atoms with Gasteiger partial charge in [0.05, 0.1) is 25.2 Å². The summed E-state index contributed by atoms with van der Waals surface area (Å²) in [6.07, 6.45) is 2.51. The number of nitrogens with zero attached hydrogens (tertiary/aromatic N) is 1. The second kappa shape index (κ2) is 6.73. The van der Waals surface area contributed by atoms with E-state index in [1.165, 1.54) is 16.7 Å². The maximum Gasteiger partial charge on any atom is 0.292 e. The lowest BCUT2D eigenvalue weighted by Crippen LogP contribution is -3.17. The van der Waals surface area contributed by atoms with Gasteiger partial charge in [0.1, 0.15) is 0 Å². The summed E-state index contributed by atoms with van der Waals surface area (Å²) in [6.45, 7) is 5.59. The molecular weight excluding hydrogens is 306 g/mol. The third-order valence-corrected chi connectivity index (χ3v) is 5.00. The minimum atomic E-state index is -0.250. The molecule has 128 valence electrons. The van der Waals surface area contributed by atoms with Crippen LogP contribution in [-0.2, 0) is 14.4 Å². The van der Waals surface area contributed by atoms with Crippen LogP contribution in [0.4, 0.5) is 11.4 Å². The van der Waals surface area contributed by atoms with E-state index in [9.17, 15) is 14.4 Å². The lowest BCUT2D eigenvalue weighted by atomic mass is 9.97. The molecule has 1 aromatic rings. The number of anilines is 2. The Balaban J connectivity index is 1.73. The molecule has 0 aromatic heterocycles. The van der Waals surface area contributed by atoms with Crippen molar-refractivity contribution < 1.29 is 19.3 Å². The summed E-state index contributed by atoms with van der Waals surface area (Å²) < 4.78 is 0. The Labute approximate surface area is 141 Å². The van der Waals surface area contributed by atoms with Crippen LogP contribution in [0, 0.1) is 5.92 Å². The maximum atomic E-state index is 12.8. The first-order chi connectivity index (χ1) is 11.5. The van der Waals surface area contributed by atoms with Gasteiger partial charge in [-0.05, 0) is 43.0 Å². The molecule has 2 aliphatic rings. The molecule has 0 aliphatic carbocycles. The summed E-state index contributed by atoms with van der Waals surface area (Å²) in [5.41, 5.74) is 1.23. The van der Waals surface area contributed by atoms with E-state index in [1.54, 1.807) is 24.3 Å². The van der Waals surface area contributed by atoms with E-state index in [0.29, 0.717) is 17.3 Å². The Morgan fingerprint density at radius 2 is 1.79 bits per heavy atom. The molecule has 3 rings (SSSR count). The molecule has 24 heavy (non-hydrogen) atoms. The topological polar surface area (TPSA) is 70.9 Å². The molecule has 0 radical (unpaired) electrons. The Morgan fingerprint density at radius 1 is 1.17 bits per heavy atom. The Kier molecular flexibility index (Phi) is 4.66. The Morgan fingerprint density at radius 3 is 2.38 bits per heavy atom. The van der Waals surface area contributed by atoms with Crippen molar-refractivity contribution in [2.24, 2.45) is 5.92 Å². The zero-order chi connectivity index (χ0) is 17.3. The molecule has 1 aromatic carbocycles. The molecule has 0 saturated carbocycles. The third kappa shape index (κ3) is 3.33. The van der Waals surface area contributed by atoms with Gasteiger partial charge in [0.25, 0.3) is 5.91 Å². The quantitative estimate of drug-likeness (QED) is 0.797. The van der Waals surface area contributed by atoms with Crippen LogP contribution in [-0.4, -0.2) is 36.9 Å². The summed E-state index contributed by atoms with van der Waals surface area (Å²) in [5, 5.41) is 2.68. The molecule has 3 amide bonds. The number of nitrogens with one attached hydrogen (secondary N) is 2. The predicted molar refractivity (Wildman–Crippen MR) is 90.7 cm³/mol. The first-order valence-electron chi connectivity index (χ1n) is 8.54. The van der Waals surface area contributed by atoms with Crippen LogP contribution in [0.3, 0.4) is 0 Å². The summed E-state index contributed by atoms with van der Waals surface area (Å²) in [7, 11) is 0. The van der Waals surface area contributed by atoms with Crippen molar-refractivity contribution in [3.05, 3.63) is 24.3 Å². The van der Waals surface area contributed by atoms with Gasteiger partial charge in [-0.2, -0.15) is 0 Å². The highest BCUT2D eigenvalue weighted by Gasteiger charge is 2.46. The fraction of sp³-hybridized carbons (Fsp3) is 0.500. The zero-order valence-electron chi connectivity index (χ0n) is 14.2. The zero-order valence-corrected chi connectivity index (χ0v) is 14.2. The monoisotopic (exact) mass is 330 g/mol.